The van der Waals surface area contributed by atoms with E-state index in [4.69, 9.17) is 0 Å². The lowest BCUT2D eigenvalue weighted by molar-refractivity contribution is 0.0917. The highest BCUT2D eigenvalue weighted by Crippen LogP contribution is 2.14. The smallest absolute Gasteiger partial charge is 0.317 e. The van der Waals surface area contributed by atoms with Crippen LogP contribution in [0.15, 0.2) is 30.3 Å². The van der Waals surface area contributed by atoms with Gasteiger partial charge in [-0.15, -0.1) is 0 Å². The molecule has 0 saturated carbocycles. The summed E-state index contributed by atoms with van der Waals surface area (Å²) < 4.78 is 0. The highest BCUT2D eigenvalue weighted by molar-refractivity contribution is 5.94. The Morgan fingerprint density at radius 1 is 0.929 bits per heavy atom. The van der Waals surface area contributed by atoms with Crippen LogP contribution in [0.4, 0.5) is 4.79 Å². The Balaban J connectivity index is 1.35. The Labute approximate surface area is 168 Å². The van der Waals surface area contributed by atoms with Gasteiger partial charge < -0.3 is 20.4 Å². The van der Waals surface area contributed by atoms with Crippen LogP contribution >= 0.6 is 0 Å². The molecule has 2 heterocycles. The minimum absolute atomic E-state index is 0.0293. The summed E-state index contributed by atoms with van der Waals surface area (Å²) in [5, 5.41) is 6.31. The molecule has 2 N–H and O–H groups in total. The molecule has 0 atom stereocenters. The van der Waals surface area contributed by atoms with Gasteiger partial charge in [0.05, 0.1) is 0 Å². The zero-order valence-electron chi connectivity index (χ0n) is 17.0. The largest absolute Gasteiger partial charge is 0.349 e. The van der Waals surface area contributed by atoms with E-state index >= 15 is 0 Å². The number of rotatable bonds is 6. The predicted octanol–water partition coefficient (Wildman–Crippen LogP) is 2.85. The summed E-state index contributed by atoms with van der Waals surface area (Å²) in [6, 6.07) is 9.78. The number of carbonyl (C=O) groups is 2. The number of piperidine rings is 2. The van der Waals surface area contributed by atoms with Crippen LogP contribution < -0.4 is 10.6 Å². The van der Waals surface area contributed by atoms with Crippen molar-refractivity contribution in [1.29, 1.82) is 0 Å². The van der Waals surface area contributed by atoms with E-state index in [1.54, 1.807) is 0 Å². The number of urea groups is 1. The maximum Gasteiger partial charge on any atom is 0.317 e. The molecule has 6 nitrogen and oxygen atoms in total. The fraction of sp³-hybridized carbons (Fsp3) is 0.636. The molecule has 2 aliphatic heterocycles. The van der Waals surface area contributed by atoms with Crippen molar-refractivity contribution in [2.24, 2.45) is 0 Å². The molecule has 1 aromatic carbocycles. The van der Waals surface area contributed by atoms with E-state index in [2.05, 4.69) is 22.5 Å². The Morgan fingerprint density at radius 3 is 2.18 bits per heavy atom. The second-order valence-electron chi connectivity index (χ2n) is 8.02. The lowest BCUT2D eigenvalue weighted by atomic mass is 10.0. The van der Waals surface area contributed by atoms with Gasteiger partial charge in [0, 0.05) is 43.8 Å². The minimum atomic E-state index is -0.0293. The SMILES string of the molecule is CCCCN1CCC(NC(=O)N2CCC(NC(=O)c3ccccc3)CC2)CC1. The van der Waals surface area contributed by atoms with Crippen LogP contribution in [-0.2, 0) is 0 Å². The van der Waals surface area contributed by atoms with Crippen LogP contribution in [-0.4, -0.2) is 66.5 Å². The van der Waals surface area contributed by atoms with Crippen molar-refractivity contribution < 1.29 is 9.59 Å². The molecule has 154 valence electrons. The molecule has 28 heavy (non-hydrogen) atoms. The predicted molar refractivity (Wildman–Crippen MR) is 111 cm³/mol. The third kappa shape index (κ3) is 5.96. The first-order valence-corrected chi connectivity index (χ1v) is 10.8. The number of nitrogens with zero attached hydrogens (tertiary/aromatic N) is 2. The highest BCUT2D eigenvalue weighted by Gasteiger charge is 2.26. The van der Waals surface area contributed by atoms with Gasteiger partial charge >= 0.3 is 6.03 Å². The number of carbonyl (C=O) groups excluding carboxylic acids is 2. The third-order valence-corrected chi connectivity index (χ3v) is 5.90. The first-order chi connectivity index (χ1) is 13.7. The van der Waals surface area contributed by atoms with Crippen molar-refractivity contribution >= 4 is 11.9 Å². The highest BCUT2D eigenvalue weighted by atomic mass is 16.2. The second-order valence-corrected chi connectivity index (χ2v) is 8.02. The van der Waals surface area contributed by atoms with Gasteiger partial charge in [-0.1, -0.05) is 31.5 Å². The second kappa shape index (κ2) is 10.5. The van der Waals surface area contributed by atoms with Crippen molar-refractivity contribution in [3.05, 3.63) is 35.9 Å². The van der Waals surface area contributed by atoms with Crippen LogP contribution in [0.25, 0.3) is 0 Å². The third-order valence-electron chi connectivity index (χ3n) is 5.90. The Kier molecular flexibility index (Phi) is 7.71. The van der Waals surface area contributed by atoms with Crippen LogP contribution in [0.5, 0.6) is 0 Å². The maximum atomic E-state index is 12.6. The minimum Gasteiger partial charge on any atom is -0.349 e. The lowest BCUT2D eigenvalue weighted by Crippen LogP contribution is -2.53. The topological polar surface area (TPSA) is 64.7 Å². The van der Waals surface area contributed by atoms with Gasteiger partial charge in [-0.25, -0.2) is 4.79 Å². The van der Waals surface area contributed by atoms with Crippen LogP contribution in [0.1, 0.15) is 55.8 Å². The average molecular weight is 387 g/mol. The lowest BCUT2D eigenvalue weighted by Gasteiger charge is -2.36. The molecule has 0 aliphatic carbocycles. The number of hydrogen-bond donors (Lipinski definition) is 2. The van der Waals surface area contributed by atoms with Crippen molar-refractivity contribution in [2.45, 2.75) is 57.5 Å². The maximum absolute atomic E-state index is 12.6. The molecular weight excluding hydrogens is 352 g/mol. The molecule has 3 amide bonds. The Morgan fingerprint density at radius 2 is 1.54 bits per heavy atom. The van der Waals surface area contributed by atoms with Crippen LogP contribution in [0.2, 0.25) is 0 Å². The molecule has 1 aromatic rings. The Bertz CT molecular complexity index is 621. The van der Waals surface area contributed by atoms with E-state index in [0.29, 0.717) is 24.7 Å². The molecule has 2 saturated heterocycles. The van der Waals surface area contributed by atoms with Crippen molar-refractivity contribution in [3.63, 3.8) is 0 Å². The van der Waals surface area contributed by atoms with Crippen molar-refractivity contribution in [1.82, 2.24) is 20.4 Å². The number of amides is 3. The van der Waals surface area contributed by atoms with Crippen LogP contribution in [0, 0.1) is 0 Å². The molecule has 2 aliphatic rings. The summed E-state index contributed by atoms with van der Waals surface area (Å²) in [7, 11) is 0. The van der Waals surface area contributed by atoms with Gasteiger partial charge in [0.15, 0.2) is 0 Å². The summed E-state index contributed by atoms with van der Waals surface area (Å²) in [5.74, 6) is -0.0293. The molecule has 3 rings (SSSR count). The van der Waals surface area contributed by atoms with E-state index in [1.165, 1.54) is 19.4 Å². The van der Waals surface area contributed by atoms with Gasteiger partial charge in [-0.2, -0.15) is 0 Å². The zero-order valence-corrected chi connectivity index (χ0v) is 17.0. The molecular formula is C22H34N4O2. The number of nitrogens with one attached hydrogen (secondary N) is 2. The molecule has 0 unspecified atom stereocenters. The number of likely N-dealkylation sites (tertiary alicyclic amines) is 2. The molecule has 6 heteroatoms. The monoisotopic (exact) mass is 386 g/mol. The molecule has 0 spiro atoms. The quantitative estimate of drug-likeness (QED) is 0.790. The normalized spacial score (nSPS) is 19.4. The zero-order chi connectivity index (χ0) is 19.8. The summed E-state index contributed by atoms with van der Waals surface area (Å²) in [6.07, 6.45) is 6.19. The van der Waals surface area contributed by atoms with Gasteiger partial charge in [-0.05, 0) is 50.8 Å². The van der Waals surface area contributed by atoms with Gasteiger partial charge in [0.25, 0.3) is 5.91 Å². The molecule has 0 radical (unpaired) electrons. The van der Waals surface area contributed by atoms with Crippen LogP contribution in [0.3, 0.4) is 0 Å². The molecule has 0 aromatic heterocycles. The van der Waals surface area contributed by atoms with Gasteiger partial charge in [0.1, 0.15) is 0 Å². The first kappa shape index (κ1) is 20.6. The summed E-state index contributed by atoms with van der Waals surface area (Å²) in [5.41, 5.74) is 0.688. The Hall–Kier alpha value is -2.08. The van der Waals surface area contributed by atoms with E-state index < -0.39 is 0 Å². The van der Waals surface area contributed by atoms with E-state index in [-0.39, 0.29) is 18.0 Å². The van der Waals surface area contributed by atoms with E-state index in [9.17, 15) is 9.59 Å². The molecule has 2 fully saturated rings. The number of hydrogen-bond acceptors (Lipinski definition) is 3. The summed E-state index contributed by atoms with van der Waals surface area (Å²) >= 11 is 0. The summed E-state index contributed by atoms with van der Waals surface area (Å²) in [6.45, 7) is 6.96. The average Bonchev–Trinajstić information content (AvgIpc) is 2.74. The standard InChI is InChI=1S/C22H34N4O2/c1-2-3-13-25-14-9-20(10-15-25)24-22(28)26-16-11-19(12-17-26)23-21(27)18-7-5-4-6-8-18/h4-8,19-20H,2-3,9-17H2,1H3,(H,23,27)(H,24,28). The van der Waals surface area contributed by atoms with E-state index in [1.807, 2.05) is 35.2 Å². The summed E-state index contributed by atoms with van der Waals surface area (Å²) in [4.78, 5) is 29.3. The van der Waals surface area contributed by atoms with Crippen molar-refractivity contribution in [3.8, 4) is 0 Å². The van der Waals surface area contributed by atoms with Gasteiger partial charge in [-0.3, -0.25) is 4.79 Å². The first-order valence-electron chi connectivity index (χ1n) is 10.8. The fourth-order valence-corrected chi connectivity index (χ4v) is 4.03. The fourth-order valence-electron chi connectivity index (χ4n) is 4.03. The molecule has 0 bridgehead atoms. The number of unbranched alkanes of at least 4 members (excludes halogenated alkanes) is 1. The van der Waals surface area contributed by atoms with Gasteiger partial charge in [0.2, 0.25) is 0 Å². The number of benzene rings is 1. The van der Waals surface area contributed by atoms with Crippen molar-refractivity contribution in [2.75, 3.05) is 32.7 Å². The van der Waals surface area contributed by atoms with E-state index in [0.717, 1.165) is 38.8 Å².